The second-order valence-corrected chi connectivity index (χ2v) is 5.59. The molecule has 0 bridgehead atoms. The standard InChI is InChI=1S/C16H24FNO/c1-3-19-16(8-4-5-9-16)15(18)11-13-6-7-14(17)10-12(13)2/h6-7,10,15H,3-5,8-9,11,18H2,1-2H3. The van der Waals surface area contributed by atoms with E-state index in [0.717, 1.165) is 30.4 Å². The topological polar surface area (TPSA) is 35.2 Å². The summed E-state index contributed by atoms with van der Waals surface area (Å²) in [5.41, 5.74) is 8.35. The molecule has 0 aliphatic heterocycles. The Hall–Kier alpha value is -0.930. The van der Waals surface area contributed by atoms with Crippen LogP contribution in [0.1, 0.15) is 43.7 Å². The largest absolute Gasteiger partial charge is 0.374 e. The Morgan fingerprint density at radius 1 is 1.37 bits per heavy atom. The highest BCUT2D eigenvalue weighted by atomic mass is 19.1. The van der Waals surface area contributed by atoms with Crippen LogP contribution >= 0.6 is 0 Å². The lowest BCUT2D eigenvalue weighted by Crippen LogP contribution is -2.49. The van der Waals surface area contributed by atoms with Crippen molar-refractivity contribution in [1.29, 1.82) is 0 Å². The Labute approximate surface area is 115 Å². The van der Waals surface area contributed by atoms with Gasteiger partial charge in [0, 0.05) is 12.6 Å². The van der Waals surface area contributed by atoms with Gasteiger partial charge in [0.05, 0.1) is 5.60 Å². The minimum atomic E-state index is -0.185. The number of benzene rings is 1. The average molecular weight is 265 g/mol. The second-order valence-electron chi connectivity index (χ2n) is 5.59. The van der Waals surface area contributed by atoms with Gasteiger partial charge in [-0.2, -0.15) is 0 Å². The van der Waals surface area contributed by atoms with Crippen LogP contribution in [0.5, 0.6) is 0 Å². The van der Waals surface area contributed by atoms with E-state index in [9.17, 15) is 4.39 Å². The summed E-state index contributed by atoms with van der Waals surface area (Å²) in [6, 6.07) is 4.92. The molecule has 2 rings (SSSR count). The first-order valence-corrected chi connectivity index (χ1v) is 7.22. The van der Waals surface area contributed by atoms with Crippen molar-refractivity contribution in [2.24, 2.45) is 5.73 Å². The molecule has 1 aliphatic rings. The molecule has 0 heterocycles. The van der Waals surface area contributed by atoms with Crippen LogP contribution in [0.2, 0.25) is 0 Å². The zero-order chi connectivity index (χ0) is 13.9. The van der Waals surface area contributed by atoms with Gasteiger partial charge >= 0.3 is 0 Å². The van der Waals surface area contributed by atoms with Gasteiger partial charge in [0.1, 0.15) is 5.82 Å². The minimum Gasteiger partial charge on any atom is -0.374 e. The molecule has 1 aromatic carbocycles. The first-order chi connectivity index (χ1) is 9.07. The Balaban J connectivity index is 2.12. The van der Waals surface area contributed by atoms with Crippen molar-refractivity contribution in [2.45, 2.75) is 57.6 Å². The quantitative estimate of drug-likeness (QED) is 0.886. The first-order valence-electron chi connectivity index (χ1n) is 7.22. The lowest BCUT2D eigenvalue weighted by atomic mass is 9.87. The molecule has 0 radical (unpaired) electrons. The van der Waals surface area contributed by atoms with E-state index >= 15 is 0 Å². The van der Waals surface area contributed by atoms with Gasteiger partial charge in [0.25, 0.3) is 0 Å². The van der Waals surface area contributed by atoms with Crippen molar-refractivity contribution in [2.75, 3.05) is 6.61 Å². The van der Waals surface area contributed by atoms with Crippen LogP contribution in [0.25, 0.3) is 0 Å². The minimum absolute atomic E-state index is 0.0147. The van der Waals surface area contributed by atoms with Crippen LogP contribution < -0.4 is 5.73 Å². The molecular formula is C16H24FNO. The van der Waals surface area contributed by atoms with E-state index in [0.29, 0.717) is 6.61 Å². The number of hydrogen-bond acceptors (Lipinski definition) is 2. The first kappa shape index (κ1) is 14.5. The van der Waals surface area contributed by atoms with Crippen molar-refractivity contribution in [3.05, 3.63) is 35.1 Å². The molecule has 0 saturated heterocycles. The van der Waals surface area contributed by atoms with Gasteiger partial charge in [0.15, 0.2) is 0 Å². The third-order valence-electron chi connectivity index (χ3n) is 4.30. The highest BCUT2D eigenvalue weighted by molar-refractivity contribution is 5.28. The maximum absolute atomic E-state index is 13.1. The normalized spacial score (nSPS) is 19.6. The predicted octanol–water partition coefficient (Wildman–Crippen LogP) is 3.35. The van der Waals surface area contributed by atoms with Crippen LogP contribution in [-0.2, 0) is 11.2 Å². The molecule has 1 saturated carbocycles. The van der Waals surface area contributed by atoms with Gasteiger partial charge < -0.3 is 10.5 Å². The Morgan fingerprint density at radius 2 is 2.05 bits per heavy atom. The fourth-order valence-electron chi connectivity index (χ4n) is 3.19. The van der Waals surface area contributed by atoms with Crippen LogP contribution in [0, 0.1) is 12.7 Å². The van der Waals surface area contributed by atoms with E-state index in [-0.39, 0.29) is 17.5 Å². The van der Waals surface area contributed by atoms with Crippen LogP contribution in [0.4, 0.5) is 4.39 Å². The molecule has 1 aromatic rings. The van der Waals surface area contributed by atoms with E-state index in [2.05, 4.69) is 0 Å². The maximum atomic E-state index is 13.1. The van der Waals surface area contributed by atoms with Gasteiger partial charge in [-0.25, -0.2) is 4.39 Å². The van der Waals surface area contributed by atoms with E-state index in [1.165, 1.54) is 18.9 Å². The summed E-state index contributed by atoms with van der Waals surface area (Å²) in [5, 5.41) is 0. The summed E-state index contributed by atoms with van der Waals surface area (Å²) in [7, 11) is 0. The maximum Gasteiger partial charge on any atom is 0.123 e. The third kappa shape index (κ3) is 3.15. The number of ether oxygens (including phenoxy) is 1. The number of hydrogen-bond donors (Lipinski definition) is 1. The van der Waals surface area contributed by atoms with Crippen molar-refractivity contribution < 1.29 is 9.13 Å². The van der Waals surface area contributed by atoms with E-state index in [1.807, 2.05) is 19.9 Å². The Morgan fingerprint density at radius 3 is 2.63 bits per heavy atom. The van der Waals surface area contributed by atoms with Gasteiger partial charge in [0.2, 0.25) is 0 Å². The highest BCUT2D eigenvalue weighted by Gasteiger charge is 2.40. The van der Waals surface area contributed by atoms with Gasteiger partial charge in [-0.3, -0.25) is 0 Å². The molecule has 2 N–H and O–H groups in total. The second kappa shape index (κ2) is 6.02. The van der Waals surface area contributed by atoms with Gasteiger partial charge in [-0.1, -0.05) is 18.9 Å². The molecule has 1 unspecified atom stereocenters. The summed E-state index contributed by atoms with van der Waals surface area (Å²) >= 11 is 0. The van der Waals surface area contributed by atoms with Crippen LogP contribution in [0.15, 0.2) is 18.2 Å². The Kier molecular flexibility index (Phi) is 4.58. The third-order valence-corrected chi connectivity index (χ3v) is 4.30. The van der Waals surface area contributed by atoms with Gasteiger partial charge in [-0.15, -0.1) is 0 Å². The average Bonchev–Trinajstić information content (AvgIpc) is 2.83. The van der Waals surface area contributed by atoms with Crippen molar-refractivity contribution in [1.82, 2.24) is 0 Å². The van der Waals surface area contributed by atoms with E-state index in [1.54, 1.807) is 6.07 Å². The molecule has 1 aliphatic carbocycles. The smallest absolute Gasteiger partial charge is 0.123 e. The molecule has 0 spiro atoms. The lowest BCUT2D eigenvalue weighted by molar-refractivity contribution is -0.0525. The zero-order valence-corrected chi connectivity index (χ0v) is 11.9. The van der Waals surface area contributed by atoms with E-state index in [4.69, 9.17) is 10.5 Å². The fraction of sp³-hybridized carbons (Fsp3) is 0.625. The predicted molar refractivity (Wildman–Crippen MR) is 75.6 cm³/mol. The van der Waals surface area contributed by atoms with Crippen molar-refractivity contribution in [3.63, 3.8) is 0 Å². The monoisotopic (exact) mass is 265 g/mol. The van der Waals surface area contributed by atoms with Crippen LogP contribution in [-0.4, -0.2) is 18.2 Å². The molecule has 106 valence electrons. The van der Waals surface area contributed by atoms with E-state index < -0.39 is 0 Å². The molecule has 0 amide bonds. The summed E-state index contributed by atoms with van der Waals surface area (Å²) in [6.07, 6.45) is 5.23. The Bertz CT molecular complexity index is 427. The van der Waals surface area contributed by atoms with Crippen molar-refractivity contribution >= 4 is 0 Å². The molecular weight excluding hydrogens is 241 g/mol. The fourth-order valence-corrected chi connectivity index (χ4v) is 3.19. The molecule has 19 heavy (non-hydrogen) atoms. The number of rotatable bonds is 5. The molecule has 1 atom stereocenters. The summed E-state index contributed by atoms with van der Waals surface area (Å²) < 4.78 is 19.1. The SMILES string of the molecule is CCOC1(C(N)Cc2ccc(F)cc2C)CCCC1. The molecule has 2 nitrogen and oxygen atoms in total. The lowest BCUT2D eigenvalue weighted by Gasteiger charge is -2.35. The zero-order valence-electron chi connectivity index (χ0n) is 11.9. The highest BCUT2D eigenvalue weighted by Crippen LogP contribution is 2.36. The van der Waals surface area contributed by atoms with Crippen molar-refractivity contribution in [3.8, 4) is 0 Å². The number of halogens is 1. The summed E-state index contributed by atoms with van der Waals surface area (Å²) in [5.74, 6) is -0.185. The van der Waals surface area contributed by atoms with Gasteiger partial charge in [-0.05, 0) is 56.4 Å². The molecule has 0 aromatic heterocycles. The number of aryl methyl sites for hydroxylation is 1. The number of nitrogens with two attached hydrogens (primary N) is 1. The summed E-state index contributed by atoms with van der Waals surface area (Å²) in [4.78, 5) is 0. The molecule has 1 fully saturated rings. The molecule has 3 heteroatoms. The summed E-state index contributed by atoms with van der Waals surface area (Å²) in [6.45, 7) is 4.67. The van der Waals surface area contributed by atoms with Crippen LogP contribution in [0.3, 0.4) is 0 Å².